The van der Waals surface area contributed by atoms with Crippen molar-refractivity contribution in [3.8, 4) is 0 Å². The summed E-state index contributed by atoms with van der Waals surface area (Å²) in [6, 6.07) is -0.146. The van der Waals surface area contributed by atoms with Gasteiger partial charge in [0.15, 0.2) is 5.82 Å². The number of halogens is 3. The van der Waals surface area contributed by atoms with E-state index in [9.17, 15) is 18.0 Å². The first-order valence-corrected chi connectivity index (χ1v) is 5.84. The Bertz CT molecular complexity index is 430. The van der Waals surface area contributed by atoms with Gasteiger partial charge in [0.25, 0.3) is 5.91 Å². The van der Waals surface area contributed by atoms with E-state index >= 15 is 0 Å². The predicted octanol–water partition coefficient (Wildman–Crippen LogP) is 1.84. The molecule has 0 aliphatic heterocycles. The first-order chi connectivity index (χ1) is 8.20. The fraction of sp³-hybridized carbons (Fsp3) is 0.556. The molecule has 0 atom stereocenters. The van der Waals surface area contributed by atoms with Crippen LogP contribution in [0.15, 0.2) is 0 Å². The number of nitrogen functional groups attached to an aromatic ring is 1. The van der Waals surface area contributed by atoms with Crippen LogP contribution in [-0.4, -0.2) is 29.0 Å². The van der Waals surface area contributed by atoms with Crippen LogP contribution >= 0.6 is 11.5 Å². The molecule has 1 rings (SSSR count). The molecule has 0 radical (unpaired) electrons. The summed E-state index contributed by atoms with van der Waals surface area (Å²) in [4.78, 5) is 11.7. The molecule has 4 N–H and O–H groups in total. The van der Waals surface area contributed by atoms with Crippen molar-refractivity contribution in [1.82, 2.24) is 9.69 Å². The van der Waals surface area contributed by atoms with E-state index in [1.807, 2.05) is 0 Å². The molecule has 0 saturated carbocycles. The summed E-state index contributed by atoms with van der Waals surface area (Å²) in [6.07, 6.45) is -4.37. The van der Waals surface area contributed by atoms with Gasteiger partial charge in [0, 0.05) is 6.04 Å². The minimum absolute atomic E-state index is 0.0166. The molecule has 1 aromatic rings. The predicted molar refractivity (Wildman–Crippen MR) is 63.7 cm³/mol. The zero-order valence-electron chi connectivity index (χ0n) is 9.76. The number of amides is 1. The minimum atomic E-state index is -4.37. The fourth-order valence-electron chi connectivity index (χ4n) is 1.16. The van der Waals surface area contributed by atoms with E-state index < -0.39 is 18.6 Å². The van der Waals surface area contributed by atoms with E-state index in [2.05, 4.69) is 15.0 Å². The molecule has 0 bridgehead atoms. The molecular formula is C9H13F3N4OS. The second kappa shape index (κ2) is 5.42. The Kier molecular flexibility index (Phi) is 4.38. The molecule has 0 aliphatic rings. The molecule has 102 valence electrons. The molecule has 9 heteroatoms. The monoisotopic (exact) mass is 282 g/mol. The number of carbonyl (C=O) groups is 1. The quantitative estimate of drug-likeness (QED) is 0.787. The Balaban J connectivity index is 2.84. The number of nitrogens with one attached hydrogen (secondary N) is 2. The molecular weight excluding hydrogens is 269 g/mol. The van der Waals surface area contributed by atoms with Crippen molar-refractivity contribution in [2.75, 3.05) is 17.6 Å². The Morgan fingerprint density at radius 3 is 2.61 bits per heavy atom. The molecule has 1 heterocycles. The Morgan fingerprint density at radius 1 is 1.50 bits per heavy atom. The average molecular weight is 282 g/mol. The van der Waals surface area contributed by atoms with Gasteiger partial charge in [-0.2, -0.15) is 17.5 Å². The lowest BCUT2D eigenvalue weighted by Crippen LogP contribution is -2.31. The highest BCUT2D eigenvalue weighted by Crippen LogP contribution is 2.28. The van der Waals surface area contributed by atoms with Gasteiger partial charge in [-0.15, -0.1) is 0 Å². The van der Waals surface area contributed by atoms with Crippen molar-refractivity contribution < 1.29 is 18.0 Å². The van der Waals surface area contributed by atoms with Crippen LogP contribution in [0.3, 0.4) is 0 Å². The Morgan fingerprint density at radius 2 is 2.11 bits per heavy atom. The summed E-state index contributed by atoms with van der Waals surface area (Å²) in [5, 5.41) is 4.69. The maximum absolute atomic E-state index is 12.1. The molecule has 5 nitrogen and oxygen atoms in total. The number of anilines is 2. The molecule has 0 unspecified atom stereocenters. The van der Waals surface area contributed by atoms with Gasteiger partial charge in [0.05, 0.1) is 0 Å². The van der Waals surface area contributed by atoms with Crippen LogP contribution in [0.2, 0.25) is 0 Å². The van der Waals surface area contributed by atoms with Crippen molar-refractivity contribution in [1.29, 1.82) is 0 Å². The van der Waals surface area contributed by atoms with Crippen LogP contribution in [0, 0.1) is 0 Å². The zero-order chi connectivity index (χ0) is 13.9. The highest BCUT2D eigenvalue weighted by Gasteiger charge is 2.29. The number of aromatic nitrogens is 1. The second-order valence-corrected chi connectivity index (χ2v) is 4.64. The van der Waals surface area contributed by atoms with E-state index in [-0.39, 0.29) is 22.4 Å². The molecule has 1 aromatic heterocycles. The third-order valence-electron chi connectivity index (χ3n) is 1.81. The van der Waals surface area contributed by atoms with Gasteiger partial charge in [0.2, 0.25) is 0 Å². The largest absolute Gasteiger partial charge is 0.405 e. The lowest BCUT2D eigenvalue weighted by molar-refractivity contribution is -0.115. The van der Waals surface area contributed by atoms with E-state index in [0.717, 1.165) is 11.5 Å². The van der Waals surface area contributed by atoms with Gasteiger partial charge in [-0.25, -0.2) is 0 Å². The van der Waals surface area contributed by atoms with Crippen LogP contribution < -0.4 is 16.4 Å². The first kappa shape index (κ1) is 14.6. The third-order valence-corrected chi connectivity index (χ3v) is 2.63. The number of alkyl halides is 3. The first-order valence-electron chi connectivity index (χ1n) is 5.07. The maximum atomic E-state index is 12.1. The summed E-state index contributed by atoms with van der Waals surface area (Å²) < 4.78 is 39.9. The lowest BCUT2D eigenvalue weighted by atomic mass is 10.2. The van der Waals surface area contributed by atoms with Crippen LogP contribution in [-0.2, 0) is 0 Å². The number of nitrogens with zero attached hydrogens (tertiary/aromatic N) is 1. The SMILES string of the molecule is CC(C)NC(=O)c1c(N)nsc1NCC(F)(F)F. The van der Waals surface area contributed by atoms with Crippen molar-refractivity contribution in [3.63, 3.8) is 0 Å². The van der Waals surface area contributed by atoms with Gasteiger partial charge >= 0.3 is 6.18 Å². The van der Waals surface area contributed by atoms with Crippen molar-refractivity contribution in [3.05, 3.63) is 5.56 Å². The molecule has 0 fully saturated rings. The van der Waals surface area contributed by atoms with Gasteiger partial charge in [-0.3, -0.25) is 4.79 Å². The smallest absolute Gasteiger partial charge is 0.382 e. The second-order valence-electron chi connectivity index (χ2n) is 3.87. The summed E-state index contributed by atoms with van der Waals surface area (Å²) in [5.41, 5.74) is 5.43. The fourth-order valence-corrected chi connectivity index (χ4v) is 1.86. The van der Waals surface area contributed by atoms with Gasteiger partial charge in [-0.05, 0) is 25.4 Å². The number of rotatable bonds is 4. The van der Waals surface area contributed by atoms with Crippen LogP contribution in [0.5, 0.6) is 0 Å². The Labute approximate surface area is 106 Å². The molecule has 0 aromatic carbocycles. The summed E-state index contributed by atoms with van der Waals surface area (Å²) >= 11 is 0.725. The van der Waals surface area contributed by atoms with Crippen LogP contribution in [0.25, 0.3) is 0 Å². The highest BCUT2D eigenvalue weighted by atomic mass is 32.1. The van der Waals surface area contributed by atoms with Gasteiger partial charge in [-0.1, -0.05) is 0 Å². The number of hydrogen-bond donors (Lipinski definition) is 3. The topological polar surface area (TPSA) is 80.0 Å². The highest BCUT2D eigenvalue weighted by molar-refractivity contribution is 7.11. The summed E-state index contributed by atoms with van der Waals surface area (Å²) in [7, 11) is 0. The van der Waals surface area contributed by atoms with Crippen LogP contribution in [0.1, 0.15) is 24.2 Å². The normalized spacial score (nSPS) is 11.7. The Hall–Kier alpha value is -1.51. The third kappa shape index (κ3) is 4.06. The lowest BCUT2D eigenvalue weighted by Gasteiger charge is -2.11. The molecule has 0 spiro atoms. The number of nitrogens with two attached hydrogens (primary N) is 1. The summed E-state index contributed by atoms with van der Waals surface area (Å²) in [5.74, 6) is -0.622. The van der Waals surface area contributed by atoms with E-state index in [4.69, 9.17) is 5.73 Å². The van der Waals surface area contributed by atoms with Crippen molar-refractivity contribution >= 4 is 28.3 Å². The van der Waals surface area contributed by atoms with E-state index in [0.29, 0.717) is 0 Å². The standard InChI is InChI=1S/C9H13F3N4OS/c1-4(2)15-7(17)5-6(13)16-18-8(5)14-3-9(10,11)12/h4,14H,3H2,1-2H3,(H2,13,16)(H,15,17). The minimum Gasteiger partial charge on any atom is -0.382 e. The molecule has 18 heavy (non-hydrogen) atoms. The number of carbonyl (C=O) groups excluding carboxylic acids is 1. The van der Waals surface area contributed by atoms with Crippen molar-refractivity contribution in [2.45, 2.75) is 26.1 Å². The zero-order valence-corrected chi connectivity index (χ0v) is 10.6. The molecule has 0 aliphatic carbocycles. The maximum Gasteiger partial charge on any atom is 0.405 e. The van der Waals surface area contributed by atoms with Gasteiger partial charge < -0.3 is 16.4 Å². The molecule has 0 saturated heterocycles. The van der Waals surface area contributed by atoms with E-state index in [1.165, 1.54) is 0 Å². The average Bonchev–Trinajstić information content (AvgIpc) is 2.54. The van der Waals surface area contributed by atoms with Crippen LogP contribution in [0.4, 0.5) is 24.0 Å². The number of hydrogen-bond acceptors (Lipinski definition) is 5. The van der Waals surface area contributed by atoms with E-state index in [1.54, 1.807) is 13.8 Å². The summed E-state index contributed by atoms with van der Waals surface area (Å²) in [6.45, 7) is 2.23. The van der Waals surface area contributed by atoms with Crippen molar-refractivity contribution in [2.24, 2.45) is 0 Å². The molecule has 1 amide bonds. The van der Waals surface area contributed by atoms with Gasteiger partial charge in [0.1, 0.15) is 17.1 Å².